The Morgan fingerprint density at radius 1 is 0.326 bits per heavy atom. The number of quaternary nitrogens is 1. The number of hydrogen-bond donors (Lipinski definition) is 0. The fraction of sp³-hybridized carbons (Fsp3) is 0.756. The number of esters is 2. The van der Waals surface area contributed by atoms with Crippen molar-refractivity contribution in [1.29, 1.82) is 0 Å². The van der Waals surface area contributed by atoms with Gasteiger partial charge in [-0.25, -0.2) is 0 Å². The highest BCUT2D eigenvalue weighted by Crippen LogP contribution is 2.19. The smallest absolute Gasteiger partial charge is 0.306 e. The molecule has 0 bridgehead atoms. The van der Waals surface area contributed by atoms with Gasteiger partial charge in [0, 0.05) is 12.8 Å². The molecular weight excluding hydrogens is 1170 g/mol. The second kappa shape index (κ2) is 75.7. The van der Waals surface area contributed by atoms with Crippen LogP contribution in [-0.2, 0) is 33.3 Å². The van der Waals surface area contributed by atoms with E-state index < -0.39 is 24.3 Å². The number of carboxylic acid groups (broad SMARTS) is 1. The molecule has 95 heavy (non-hydrogen) atoms. The Balaban J connectivity index is 4.07. The lowest BCUT2D eigenvalue weighted by Crippen LogP contribution is -2.44. The average molecular weight is 1330 g/mol. The van der Waals surface area contributed by atoms with E-state index >= 15 is 0 Å². The second-order valence-electron chi connectivity index (χ2n) is 28.0. The van der Waals surface area contributed by atoms with Gasteiger partial charge < -0.3 is 33.3 Å². The van der Waals surface area contributed by atoms with Crippen molar-refractivity contribution >= 4 is 17.9 Å². The summed E-state index contributed by atoms with van der Waals surface area (Å²) in [4.78, 5) is 37.6. The Morgan fingerprint density at radius 2 is 0.600 bits per heavy atom. The van der Waals surface area contributed by atoms with Crippen molar-refractivity contribution in [3.63, 3.8) is 0 Å². The van der Waals surface area contributed by atoms with Crippen LogP contribution in [-0.4, -0.2) is 82.3 Å². The van der Waals surface area contributed by atoms with E-state index in [0.717, 1.165) is 103 Å². The maximum absolute atomic E-state index is 13.0. The molecule has 0 spiro atoms. The minimum atomic E-state index is -1.63. The normalized spacial score (nSPS) is 13.2. The van der Waals surface area contributed by atoms with Gasteiger partial charge in [-0.15, -0.1) is 0 Å². The zero-order valence-corrected chi connectivity index (χ0v) is 62.8. The molecule has 2 unspecified atom stereocenters. The van der Waals surface area contributed by atoms with Crippen LogP contribution in [0.4, 0.5) is 0 Å². The van der Waals surface area contributed by atoms with E-state index in [2.05, 4.69) is 123 Å². The summed E-state index contributed by atoms with van der Waals surface area (Å²) in [6.07, 6.45) is 104. The molecule has 548 valence electrons. The third kappa shape index (κ3) is 77.2. The molecule has 0 aromatic heterocycles. The lowest BCUT2D eigenvalue weighted by Gasteiger charge is -2.26. The Bertz CT molecular complexity index is 1930. The lowest BCUT2D eigenvalue weighted by molar-refractivity contribution is -0.870. The predicted octanol–water partition coefficient (Wildman–Crippen LogP) is 24.4. The SMILES string of the molecule is CC/C=C\C/C=C\C/C=C\C/C=C\C/C=C\C/C=C\C/C=C\C/C=C\C/C=C\CCCCCCCCCC(=O)OC(COC(=O)CCCCCCCCCCCCCCCCCCCCCCCCCCCCCCCCCCCCC)COC(OCC[N+](C)(C)C)C(=O)[O-]. The van der Waals surface area contributed by atoms with Crippen LogP contribution in [0.15, 0.2) is 109 Å². The minimum absolute atomic E-state index is 0.142. The molecule has 0 amide bonds. The van der Waals surface area contributed by atoms with Crippen LogP contribution >= 0.6 is 0 Å². The maximum Gasteiger partial charge on any atom is 0.306 e. The van der Waals surface area contributed by atoms with Crippen LogP contribution in [0.1, 0.15) is 361 Å². The third-order valence-corrected chi connectivity index (χ3v) is 17.5. The number of carbonyl (C=O) groups is 3. The minimum Gasteiger partial charge on any atom is -0.545 e. The van der Waals surface area contributed by atoms with E-state index in [-0.39, 0.29) is 38.6 Å². The van der Waals surface area contributed by atoms with Crippen LogP contribution in [0.2, 0.25) is 0 Å². The molecule has 0 aromatic carbocycles. The molecule has 0 aliphatic rings. The van der Waals surface area contributed by atoms with Gasteiger partial charge in [-0.1, -0.05) is 374 Å². The zero-order valence-electron chi connectivity index (χ0n) is 62.8. The van der Waals surface area contributed by atoms with E-state index in [4.69, 9.17) is 18.9 Å². The lowest BCUT2D eigenvalue weighted by atomic mass is 10.0. The highest BCUT2D eigenvalue weighted by Gasteiger charge is 2.22. The third-order valence-electron chi connectivity index (χ3n) is 17.5. The number of hydrogen-bond acceptors (Lipinski definition) is 8. The van der Waals surface area contributed by atoms with E-state index in [1.807, 2.05) is 21.1 Å². The number of nitrogens with zero attached hydrogens (tertiary/aromatic N) is 1. The van der Waals surface area contributed by atoms with Crippen molar-refractivity contribution in [2.75, 3.05) is 47.5 Å². The summed E-state index contributed by atoms with van der Waals surface area (Å²) in [6, 6.07) is 0. The van der Waals surface area contributed by atoms with Crippen LogP contribution in [0, 0.1) is 0 Å². The van der Waals surface area contributed by atoms with Crippen molar-refractivity contribution < 1.29 is 42.9 Å². The van der Waals surface area contributed by atoms with Gasteiger partial charge in [-0.3, -0.25) is 9.59 Å². The van der Waals surface area contributed by atoms with Gasteiger partial charge in [0.1, 0.15) is 13.2 Å². The monoisotopic (exact) mass is 1330 g/mol. The van der Waals surface area contributed by atoms with Crippen molar-refractivity contribution in [2.45, 2.75) is 373 Å². The first-order valence-corrected chi connectivity index (χ1v) is 40.0. The van der Waals surface area contributed by atoms with Gasteiger partial charge in [-0.05, 0) is 83.5 Å². The fourth-order valence-corrected chi connectivity index (χ4v) is 11.5. The van der Waals surface area contributed by atoms with Gasteiger partial charge in [0.05, 0.1) is 40.3 Å². The number of aliphatic carboxylic acids is 1. The first kappa shape index (κ1) is 91.0. The molecule has 0 N–H and O–H groups in total. The standard InChI is InChI=1S/C86H151NO8/c1-6-8-10-12-14-16-18-20-22-24-26-28-30-32-34-36-38-40-42-44-46-48-50-52-54-56-58-60-62-64-66-68-70-72-74-76-83(88)93-80-82(81-94-86(85(90)91)92-79-78-87(3,4)5)95-84(89)77-75-73-71-69-67-65-63-61-59-57-55-53-51-49-47-45-43-41-39-37-35-33-31-29-27-25-23-21-19-17-15-13-11-9-7-2/h9,11,15,17,21,23,27,29,33,35,39,41,45,47,51,53,57,59,82,86H,6-8,10,12-14,16,18-20,22,24-26,28,30-32,34,36-38,40,42-44,46,48-50,52,54-56,58,60-81H2,1-5H3/b11-9-,17-15-,23-21-,29-27-,35-33-,41-39-,47-45-,53-51-,59-57-. The Morgan fingerprint density at radius 3 is 0.895 bits per heavy atom. The van der Waals surface area contributed by atoms with Crippen LogP contribution in [0.25, 0.3) is 0 Å². The molecule has 2 atom stereocenters. The largest absolute Gasteiger partial charge is 0.545 e. The van der Waals surface area contributed by atoms with Gasteiger partial charge in [0.25, 0.3) is 0 Å². The molecule has 0 fully saturated rings. The molecule has 0 heterocycles. The van der Waals surface area contributed by atoms with Gasteiger partial charge >= 0.3 is 11.9 Å². The van der Waals surface area contributed by atoms with Crippen molar-refractivity contribution in [1.82, 2.24) is 0 Å². The number of likely N-dealkylation sites (N-methyl/N-ethyl adjacent to an activating group) is 1. The number of carboxylic acids is 1. The van der Waals surface area contributed by atoms with Crippen molar-refractivity contribution in [2.24, 2.45) is 0 Å². The summed E-state index contributed by atoms with van der Waals surface area (Å²) >= 11 is 0. The molecule has 0 saturated carbocycles. The number of rotatable bonds is 74. The van der Waals surface area contributed by atoms with E-state index in [1.54, 1.807) is 0 Å². The topological polar surface area (TPSA) is 111 Å². The number of carbonyl (C=O) groups excluding carboxylic acids is 3. The molecule has 0 aliphatic heterocycles. The highest BCUT2D eigenvalue weighted by atomic mass is 16.7. The van der Waals surface area contributed by atoms with E-state index in [0.29, 0.717) is 17.4 Å². The van der Waals surface area contributed by atoms with Crippen LogP contribution in [0.3, 0.4) is 0 Å². The summed E-state index contributed by atoms with van der Waals surface area (Å²) in [6.45, 7) is 4.66. The van der Waals surface area contributed by atoms with Gasteiger partial charge in [-0.2, -0.15) is 0 Å². The molecule has 9 heteroatoms. The summed E-state index contributed by atoms with van der Waals surface area (Å²) in [5.74, 6) is -2.29. The first-order valence-electron chi connectivity index (χ1n) is 40.0. The molecule has 0 aromatic rings. The summed E-state index contributed by atoms with van der Waals surface area (Å²) < 4.78 is 22.8. The van der Waals surface area contributed by atoms with Crippen molar-refractivity contribution in [3.8, 4) is 0 Å². The van der Waals surface area contributed by atoms with E-state index in [1.165, 1.54) is 225 Å². The maximum atomic E-state index is 13.0. The molecule has 0 radical (unpaired) electrons. The molecule has 0 rings (SSSR count). The molecule has 0 aliphatic carbocycles. The molecule has 0 saturated heterocycles. The van der Waals surface area contributed by atoms with Crippen LogP contribution < -0.4 is 5.11 Å². The van der Waals surface area contributed by atoms with Gasteiger partial charge in [0.2, 0.25) is 0 Å². The number of unbranched alkanes of at least 4 members (excludes halogenated alkanes) is 41. The molecule has 9 nitrogen and oxygen atoms in total. The zero-order chi connectivity index (χ0) is 69.0. The second-order valence-corrected chi connectivity index (χ2v) is 28.0. The van der Waals surface area contributed by atoms with Crippen molar-refractivity contribution in [3.05, 3.63) is 109 Å². The summed E-state index contributed by atoms with van der Waals surface area (Å²) in [5.41, 5.74) is 0. The molecular formula is C86H151NO8. The Labute approximate surface area is 587 Å². The van der Waals surface area contributed by atoms with E-state index in [9.17, 15) is 19.5 Å². The fourth-order valence-electron chi connectivity index (χ4n) is 11.5. The Kier molecular flexibility index (Phi) is 72.5. The summed E-state index contributed by atoms with van der Waals surface area (Å²) in [7, 11) is 5.93. The highest BCUT2D eigenvalue weighted by molar-refractivity contribution is 5.70. The predicted molar refractivity (Wildman–Crippen MR) is 407 cm³/mol. The van der Waals surface area contributed by atoms with Crippen LogP contribution in [0.5, 0.6) is 0 Å². The summed E-state index contributed by atoms with van der Waals surface area (Å²) in [5, 5.41) is 11.9. The van der Waals surface area contributed by atoms with Gasteiger partial charge in [0.15, 0.2) is 12.4 Å². The quantitative estimate of drug-likeness (QED) is 0.0195. The Hall–Kier alpha value is -4.05. The number of allylic oxidation sites excluding steroid dienone is 18. The first-order chi connectivity index (χ1) is 46.6. The average Bonchev–Trinajstić information content (AvgIpc) is 3.58. The number of ether oxygens (including phenoxy) is 4.